The molecule has 4 heteroatoms. The highest BCUT2D eigenvalue weighted by molar-refractivity contribution is 5.78. The van der Waals surface area contributed by atoms with Gasteiger partial charge in [-0.25, -0.2) is 4.79 Å². The van der Waals surface area contributed by atoms with Gasteiger partial charge in [-0.2, -0.15) is 0 Å². The maximum atomic E-state index is 11.3. The van der Waals surface area contributed by atoms with Crippen LogP contribution < -0.4 is 4.74 Å². The molecular formula is C12H16O4. The number of hydrogen-bond acceptors (Lipinski definition) is 4. The summed E-state index contributed by atoms with van der Waals surface area (Å²) in [6.45, 7) is 2.86. The molecule has 0 aromatic heterocycles. The zero-order chi connectivity index (χ0) is 12.2. The number of para-hydroxylation sites is 1. The Balaban J connectivity index is 2.65. The Bertz CT molecular complexity index is 366. The van der Waals surface area contributed by atoms with Crippen molar-refractivity contribution in [2.75, 3.05) is 7.11 Å². The lowest BCUT2D eigenvalue weighted by atomic mass is 10.1. The van der Waals surface area contributed by atoms with Gasteiger partial charge in [0.25, 0.3) is 0 Å². The van der Waals surface area contributed by atoms with Crippen LogP contribution in [-0.4, -0.2) is 23.8 Å². The Kier molecular flexibility index (Phi) is 3.90. The molecule has 0 aliphatic rings. The van der Waals surface area contributed by atoms with Crippen LogP contribution in [0.2, 0.25) is 0 Å². The number of rotatable bonds is 4. The SMILES string of the molecule is COc1ccccc1COC(=O)C(C)(C)O. The van der Waals surface area contributed by atoms with Crippen LogP contribution in [0.3, 0.4) is 0 Å². The molecular weight excluding hydrogens is 208 g/mol. The fourth-order valence-electron chi connectivity index (χ4n) is 1.14. The molecule has 0 aliphatic carbocycles. The van der Waals surface area contributed by atoms with Crippen molar-refractivity contribution in [2.45, 2.75) is 26.1 Å². The molecule has 0 saturated carbocycles. The number of aliphatic hydroxyl groups is 1. The molecule has 0 saturated heterocycles. The zero-order valence-electron chi connectivity index (χ0n) is 9.69. The van der Waals surface area contributed by atoms with Crippen LogP contribution in [0.25, 0.3) is 0 Å². The highest BCUT2D eigenvalue weighted by Gasteiger charge is 2.25. The Morgan fingerprint density at radius 2 is 2.00 bits per heavy atom. The van der Waals surface area contributed by atoms with E-state index in [1.54, 1.807) is 19.2 Å². The van der Waals surface area contributed by atoms with Crippen LogP contribution in [0.15, 0.2) is 24.3 Å². The number of methoxy groups -OCH3 is 1. The van der Waals surface area contributed by atoms with Crippen molar-refractivity contribution in [3.63, 3.8) is 0 Å². The van der Waals surface area contributed by atoms with Crippen LogP contribution in [0.1, 0.15) is 19.4 Å². The van der Waals surface area contributed by atoms with Crippen molar-refractivity contribution < 1.29 is 19.4 Å². The fourth-order valence-corrected chi connectivity index (χ4v) is 1.14. The number of ether oxygens (including phenoxy) is 2. The Hall–Kier alpha value is -1.55. The van der Waals surface area contributed by atoms with Gasteiger partial charge < -0.3 is 14.6 Å². The van der Waals surface area contributed by atoms with Crippen molar-refractivity contribution in [2.24, 2.45) is 0 Å². The van der Waals surface area contributed by atoms with Gasteiger partial charge in [0, 0.05) is 5.56 Å². The first-order valence-corrected chi connectivity index (χ1v) is 4.96. The molecule has 0 amide bonds. The molecule has 1 aromatic carbocycles. The number of carbonyl (C=O) groups excluding carboxylic acids is 1. The summed E-state index contributed by atoms with van der Waals surface area (Å²) in [4.78, 5) is 11.3. The summed E-state index contributed by atoms with van der Waals surface area (Å²) in [6, 6.07) is 7.25. The number of hydrogen-bond donors (Lipinski definition) is 1. The summed E-state index contributed by atoms with van der Waals surface area (Å²) in [5.74, 6) is 0.00412. The first-order chi connectivity index (χ1) is 7.45. The third kappa shape index (κ3) is 3.24. The summed E-state index contributed by atoms with van der Waals surface area (Å²) in [5, 5.41) is 9.38. The van der Waals surface area contributed by atoms with Gasteiger partial charge in [-0.15, -0.1) is 0 Å². The molecule has 1 aromatic rings. The van der Waals surface area contributed by atoms with E-state index < -0.39 is 11.6 Å². The minimum absolute atomic E-state index is 0.0901. The predicted molar refractivity (Wildman–Crippen MR) is 59.1 cm³/mol. The molecule has 88 valence electrons. The Morgan fingerprint density at radius 1 is 1.38 bits per heavy atom. The molecule has 1 N–H and O–H groups in total. The van der Waals surface area contributed by atoms with Crippen LogP contribution >= 0.6 is 0 Å². The molecule has 0 heterocycles. The number of benzene rings is 1. The summed E-state index contributed by atoms with van der Waals surface area (Å²) in [7, 11) is 1.55. The first-order valence-electron chi connectivity index (χ1n) is 4.96. The second kappa shape index (κ2) is 4.99. The highest BCUT2D eigenvalue weighted by Crippen LogP contribution is 2.18. The van der Waals surface area contributed by atoms with Crippen molar-refractivity contribution in [1.29, 1.82) is 0 Å². The molecule has 0 bridgehead atoms. The summed E-state index contributed by atoms with van der Waals surface area (Å²) < 4.78 is 10.1. The second-order valence-corrected chi connectivity index (χ2v) is 3.95. The van der Waals surface area contributed by atoms with Gasteiger partial charge in [0.05, 0.1) is 7.11 Å². The molecule has 0 unspecified atom stereocenters. The number of carbonyl (C=O) groups is 1. The lowest BCUT2D eigenvalue weighted by Gasteiger charge is -2.16. The molecule has 4 nitrogen and oxygen atoms in total. The van der Waals surface area contributed by atoms with Gasteiger partial charge in [-0.05, 0) is 19.9 Å². The van der Waals surface area contributed by atoms with E-state index in [-0.39, 0.29) is 6.61 Å². The molecule has 0 radical (unpaired) electrons. The van der Waals surface area contributed by atoms with Crippen molar-refractivity contribution in [3.8, 4) is 5.75 Å². The molecule has 1 rings (SSSR count). The van der Waals surface area contributed by atoms with E-state index in [9.17, 15) is 9.90 Å². The lowest BCUT2D eigenvalue weighted by Crippen LogP contribution is -2.32. The predicted octanol–water partition coefficient (Wildman–Crippen LogP) is 1.51. The zero-order valence-corrected chi connectivity index (χ0v) is 9.69. The third-order valence-electron chi connectivity index (χ3n) is 2.05. The maximum absolute atomic E-state index is 11.3. The monoisotopic (exact) mass is 224 g/mol. The molecule has 0 fully saturated rings. The third-order valence-corrected chi connectivity index (χ3v) is 2.05. The van der Waals surface area contributed by atoms with Gasteiger partial charge in [-0.3, -0.25) is 0 Å². The van der Waals surface area contributed by atoms with E-state index in [1.165, 1.54) is 13.8 Å². The average molecular weight is 224 g/mol. The van der Waals surface area contributed by atoms with E-state index in [4.69, 9.17) is 9.47 Å². The molecule has 16 heavy (non-hydrogen) atoms. The largest absolute Gasteiger partial charge is 0.496 e. The highest BCUT2D eigenvalue weighted by atomic mass is 16.5. The van der Waals surface area contributed by atoms with Crippen molar-refractivity contribution in [1.82, 2.24) is 0 Å². The van der Waals surface area contributed by atoms with Crippen LogP contribution in [0.4, 0.5) is 0 Å². The smallest absolute Gasteiger partial charge is 0.337 e. The van der Waals surface area contributed by atoms with Crippen LogP contribution in [0, 0.1) is 0 Å². The average Bonchev–Trinajstić information content (AvgIpc) is 2.24. The maximum Gasteiger partial charge on any atom is 0.337 e. The quantitative estimate of drug-likeness (QED) is 0.788. The summed E-state index contributed by atoms with van der Waals surface area (Å²) in [5.41, 5.74) is -0.704. The second-order valence-electron chi connectivity index (χ2n) is 3.95. The van der Waals surface area contributed by atoms with E-state index in [2.05, 4.69) is 0 Å². The minimum atomic E-state index is -1.47. The standard InChI is InChI=1S/C12H16O4/c1-12(2,14)11(13)16-8-9-6-4-5-7-10(9)15-3/h4-7,14H,8H2,1-3H3. The lowest BCUT2D eigenvalue weighted by molar-refractivity contribution is -0.163. The summed E-state index contributed by atoms with van der Waals surface area (Å²) >= 11 is 0. The van der Waals surface area contributed by atoms with Gasteiger partial charge in [-0.1, -0.05) is 18.2 Å². The Morgan fingerprint density at radius 3 is 2.56 bits per heavy atom. The normalized spacial score (nSPS) is 11.0. The van der Waals surface area contributed by atoms with Gasteiger partial charge in [0.15, 0.2) is 5.60 Å². The van der Waals surface area contributed by atoms with E-state index in [1.807, 2.05) is 12.1 Å². The van der Waals surface area contributed by atoms with Crippen LogP contribution in [0.5, 0.6) is 5.75 Å². The van der Waals surface area contributed by atoms with E-state index >= 15 is 0 Å². The van der Waals surface area contributed by atoms with Gasteiger partial charge >= 0.3 is 5.97 Å². The minimum Gasteiger partial charge on any atom is -0.496 e. The van der Waals surface area contributed by atoms with Crippen LogP contribution in [-0.2, 0) is 16.1 Å². The topological polar surface area (TPSA) is 55.8 Å². The first kappa shape index (κ1) is 12.5. The number of esters is 1. The van der Waals surface area contributed by atoms with Crippen molar-refractivity contribution >= 4 is 5.97 Å². The molecule has 0 aliphatic heterocycles. The van der Waals surface area contributed by atoms with E-state index in [0.717, 1.165) is 5.56 Å². The Labute approximate surface area is 94.8 Å². The van der Waals surface area contributed by atoms with Gasteiger partial charge in [0.1, 0.15) is 12.4 Å². The fraction of sp³-hybridized carbons (Fsp3) is 0.417. The molecule has 0 atom stereocenters. The molecule has 0 spiro atoms. The summed E-state index contributed by atoms with van der Waals surface area (Å²) in [6.07, 6.45) is 0. The van der Waals surface area contributed by atoms with Crippen molar-refractivity contribution in [3.05, 3.63) is 29.8 Å². The van der Waals surface area contributed by atoms with Gasteiger partial charge in [0.2, 0.25) is 0 Å². The van der Waals surface area contributed by atoms with E-state index in [0.29, 0.717) is 5.75 Å².